The molecule has 1 heterocycles. The third-order valence-corrected chi connectivity index (χ3v) is 3.48. The predicted octanol–water partition coefficient (Wildman–Crippen LogP) is 0.487. The van der Waals surface area contributed by atoms with Gasteiger partial charge < -0.3 is 10.5 Å². The van der Waals surface area contributed by atoms with E-state index in [4.69, 9.17) is 5.73 Å². The second kappa shape index (κ2) is 4.72. The number of nitrogens with two attached hydrogens (primary N) is 1. The quantitative estimate of drug-likeness (QED) is 0.656. The van der Waals surface area contributed by atoms with E-state index in [9.17, 15) is 4.79 Å². The van der Waals surface area contributed by atoms with E-state index in [1.165, 1.54) is 7.11 Å². The van der Waals surface area contributed by atoms with Gasteiger partial charge in [-0.1, -0.05) is 0 Å². The molecule has 2 unspecified atom stereocenters. The fourth-order valence-corrected chi connectivity index (χ4v) is 2.84. The first-order chi connectivity index (χ1) is 5.79. The number of hydrogen-bond donors (Lipinski definition) is 1. The molecule has 2 atom stereocenters. The predicted molar refractivity (Wildman–Crippen MR) is 50.0 cm³/mol. The largest absolute Gasteiger partial charge is 0.469 e. The van der Waals surface area contributed by atoms with Gasteiger partial charge in [-0.3, -0.25) is 4.79 Å². The van der Waals surface area contributed by atoms with Crippen LogP contribution in [0.5, 0.6) is 0 Å². The molecule has 0 aromatic carbocycles. The second-order valence-corrected chi connectivity index (χ2v) is 4.14. The van der Waals surface area contributed by atoms with Gasteiger partial charge >= 0.3 is 5.97 Å². The van der Waals surface area contributed by atoms with Gasteiger partial charge in [0.15, 0.2) is 0 Å². The molecule has 1 fully saturated rings. The Kier molecular flexibility index (Phi) is 3.88. The molecule has 0 radical (unpaired) electrons. The topological polar surface area (TPSA) is 52.3 Å². The Hall–Kier alpha value is -0.220. The zero-order chi connectivity index (χ0) is 8.97. The van der Waals surface area contributed by atoms with Crippen LogP contribution in [0, 0.1) is 11.8 Å². The standard InChI is InChI=1S/C8H15NO2S/c1-11-8(10)7(4-9)6-2-3-12-5-6/h6-7H,2-5,9H2,1H3. The second-order valence-electron chi connectivity index (χ2n) is 2.99. The smallest absolute Gasteiger partial charge is 0.310 e. The van der Waals surface area contributed by atoms with E-state index >= 15 is 0 Å². The van der Waals surface area contributed by atoms with Gasteiger partial charge in [0.2, 0.25) is 0 Å². The molecule has 2 N–H and O–H groups in total. The summed E-state index contributed by atoms with van der Waals surface area (Å²) < 4.78 is 4.69. The van der Waals surface area contributed by atoms with E-state index in [-0.39, 0.29) is 11.9 Å². The van der Waals surface area contributed by atoms with E-state index in [0.29, 0.717) is 12.5 Å². The minimum absolute atomic E-state index is 0.0787. The van der Waals surface area contributed by atoms with Crippen LogP contribution in [0.15, 0.2) is 0 Å². The van der Waals surface area contributed by atoms with Crippen molar-refractivity contribution in [2.75, 3.05) is 25.2 Å². The van der Waals surface area contributed by atoms with Crippen LogP contribution >= 0.6 is 11.8 Å². The van der Waals surface area contributed by atoms with Gasteiger partial charge in [0.05, 0.1) is 13.0 Å². The van der Waals surface area contributed by atoms with Crippen LogP contribution in [0.3, 0.4) is 0 Å². The monoisotopic (exact) mass is 189 g/mol. The highest BCUT2D eigenvalue weighted by atomic mass is 32.2. The van der Waals surface area contributed by atoms with Crippen LogP contribution in [0.1, 0.15) is 6.42 Å². The van der Waals surface area contributed by atoms with E-state index in [1.54, 1.807) is 0 Å². The maximum atomic E-state index is 11.2. The molecule has 70 valence electrons. The molecule has 1 aliphatic heterocycles. The Morgan fingerprint density at radius 3 is 3.00 bits per heavy atom. The van der Waals surface area contributed by atoms with Crippen molar-refractivity contribution in [1.29, 1.82) is 0 Å². The van der Waals surface area contributed by atoms with E-state index in [2.05, 4.69) is 4.74 Å². The Morgan fingerprint density at radius 2 is 2.58 bits per heavy atom. The Balaban J connectivity index is 2.48. The van der Waals surface area contributed by atoms with Gasteiger partial charge in [0.25, 0.3) is 0 Å². The molecule has 1 rings (SSSR count). The van der Waals surface area contributed by atoms with Crippen LogP contribution in [-0.4, -0.2) is 31.1 Å². The molecule has 0 aliphatic carbocycles. The molecule has 0 bridgehead atoms. The number of thioether (sulfide) groups is 1. The minimum atomic E-state index is -0.148. The summed E-state index contributed by atoms with van der Waals surface area (Å²) >= 11 is 1.89. The fourth-order valence-electron chi connectivity index (χ4n) is 1.50. The van der Waals surface area contributed by atoms with Crippen molar-refractivity contribution in [3.63, 3.8) is 0 Å². The van der Waals surface area contributed by atoms with E-state index in [1.807, 2.05) is 11.8 Å². The average molecular weight is 189 g/mol. The Bertz CT molecular complexity index is 157. The lowest BCUT2D eigenvalue weighted by Gasteiger charge is -2.17. The first-order valence-electron chi connectivity index (χ1n) is 4.15. The van der Waals surface area contributed by atoms with Gasteiger partial charge in [-0.25, -0.2) is 0 Å². The highest BCUT2D eigenvalue weighted by molar-refractivity contribution is 7.99. The number of carbonyl (C=O) groups excluding carboxylic acids is 1. The van der Waals surface area contributed by atoms with Crippen molar-refractivity contribution in [2.45, 2.75) is 6.42 Å². The van der Waals surface area contributed by atoms with Crippen molar-refractivity contribution in [2.24, 2.45) is 17.6 Å². The summed E-state index contributed by atoms with van der Waals surface area (Å²) in [5, 5.41) is 0. The Morgan fingerprint density at radius 1 is 1.83 bits per heavy atom. The number of methoxy groups -OCH3 is 1. The van der Waals surface area contributed by atoms with Crippen LogP contribution in [0.2, 0.25) is 0 Å². The third kappa shape index (κ3) is 2.14. The zero-order valence-electron chi connectivity index (χ0n) is 7.29. The summed E-state index contributed by atoms with van der Waals surface area (Å²) in [5.41, 5.74) is 5.52. The molecule has 0 saturated carbocycles. The van der Waals surface area contributed by atoms with Crippen molar-refractivity contribution in [3.05, 3.63) is 0 Å². The summed E-state index contributed by atoms with van der Waals surface area (Å²) in [6, 6.07) is 0. The molecule has 0 amide bonds. The number of carbonyl (C=O) groups is 1. The van der Waals surface area contributed by atoms with Gasteiger partial charge in [0, 0.05) is 6.54 Å². The van der Waals surface area contributed by atoms with Crippen molar-refractivity contribution >= 4 is 17.7 Å². The van der Waals surface area contributed by atoms with Crippen LogP contribution < -0.4 is 5.73 Å². The number of ether oxygens (including phenoxy) is 1. The fraction of sp³-hybridized carbons (Fsp3) is 0.875. The summed E-state index contributed by atoms with van der Waals surface area (Å²) in [7, 11) is 1.42. The van der Waals surface area contributed by atoms with Crippen molar-refractivity contribution in [3.8, 4) is 0 Å². The zero-order valence-corrected chi connectivity index (χ0v) is 8.10. The summed E-state index contributed by atoms with van der Waals surface area (Å²) in [4.78, 5) is 11.2. The number of esters is 1. The SMILES string of the molecule is COC(=O)C(CN)C1CCSC1. The molecule has 1 saturated heterocycles. The first kappa shape index (κ1) is 9.86. The lowest BCUT2D eigenvalue weighted by Crippen LogP contribution is -2.31. The third-order valence-electron chi connectivity index (χ3n) is 2.29. The highest BCUT2D eigenvalue weighted by Crippen LogP contribution is 2.29. The van der Waals surface area contributed by atoms with Gasteiger partial charge in [0.1, 0.15) is 0 Å². The summed E-state index contributed by atoms with van der Waals surface area (Å²) in [6.07, 6.45) is 1.10. The lowest BCUT2D eigenvalue weighted by molar-refractivity contribution is -0.146. The average Bonchev–Trinajstić information content (AvgIpc) is 2.58. The molecule has 4 heteroatoms. The molecule has 0 aromatic rings. The summed E-state index contributed by atoms with van der Waals surface area (Å²) in [5.74, 6) is 2.41. The molecule has 0 spiro atoms. The van der Waals surface area contributed by atoms with Crippen LogP contribution in [0.4, 0.5) is 0 Å². The van der Waals surface area contributed by atoms with Gasteiger partial charge in [-0.05, 0) is 23.8 Å². The maximum Gasteiger partial charge on any atom is 0.310 e. The van der Waals surface area contributed by atoms with Crippen LogP contribution in [-0.2, 0) is 9.53 Å². The molecule has 12 heavy (non-hydrogen) atoms. The van der Waals surface area contributed by atoms with Crippen LogP contribution in [0.25, 0.3) is 0 Å². The number of hydrogen-bond acceptors (Lipinski definition) is 4. The van der Waals surface area contributed by atoms with Crippen molar-refractivity contribution in [1.82, 2.24) is 0 Å². The molecule has 0 aromatic heterocycles. The normalized spacial score (nSPS) is 25.3. The molecule has 3 nitrogen and oxygen atoms in total. The molecular formula is C8H15NO2S. The highest BCUT2D eigenvalue weighted by Gasteiger charge is 2.30. The van der Waals surface area contributed by atoms with Gasteiger partial charge in [-0.15, -0.1) is 0 Å². The van der Waals surface area contributed by atoms with Gasteiger partial charge in [-0.2, -0.15) is 11.8 Å². The lowest BCUT2D eigenvalue weighted by atomic mass is 9.92. The van der Waals surface area contributed by atoms with E-state index < -0.39 is 0 Å². The molecule has 1 aliphatic rings. The molecular weight excluding hydrogens is 174 g/mol. The summed E-state index contributed by atoms with van der Waals surface area (Å²) in [6.45, 7) is 0.415. The maximum absolute atomic E-state index is 11.2. The van der Waals surface area contributed by atoms with E-state index in [0.717, 1.165) is 17.9 Å². The Labute approximate surface area is 77.0 Å². The number of rotatable bonds is 3. The minimum Gasteiger partial charge on any atom is -0.469 e. The van der Waals surface area contributed by atoms with Crippen molar-refractivity contribution < 1.29 is 9.53 Å². The first-order valence-corrected chi connectivity index (χ1v) is 5.30.